The zero-order chi connectivity index (χ0) is 17.0. The third kappa shape index (κ3) is 7.08. The van der Waals surface area contributed by atoms with Crippen molar-refractivity contribution in [1.82, 2.24) is 4.72 Å². The van der Waals surface area contributed by atoms with E-state index in [1.165, 1.54) is 20.8 Å². The summed E-state index contributed by atoms with van der Waals surface area (Å²) >= 11 is 0. The molecule has 21 heavy (non-hydrogen) atoms. The minimum atomic E-state index is -4.80. The number of ether oxygens (including phenoxy) is 1. The van der Waals surface area contributed by atoms with Crippen LogP contribution in [0.2, 0.25) is 0 Å². The molecular formula is C13H22F3NO3S. The number of hydrogen-bond donors (Lipinski definition) is 1. The highest BCUT2D eigenvalue weighted by molar-refractivity contribution is 7.84. The van der Waals surface area contributed by atoms with Gasteiger partial charge in [-0.15, -0.1) is 0 Å². The number of rotatable bonds is 6. The van der Waals surface area contributed by atoms with Gasteiger partial charge >= 0.3 is 12.1 Å². The number of halogens is 3. The van der Waals surface area contributed by atoms with Gasteiger partial charge in [-0.25, -0.2) is 13.7 Å². The third-order valence-electron chi connectivity index (χ3n) is 2.27. The second-order valence-corrected chi connectivity index (χ2v) is 7.99. The largest absolute Gasteiger partial charge is 0.462 e. The summed E-state index contributed by atoms with van der Waals surface area (Å²) in [6.45, 7) is 11.2. The molecule has 0 aromatic heterocycles. The SMILES string of the molecule is C=C(C(=O)OCC(C)C)[C@@H](N[S@](=O)C(C)(C)C)C(F)(F)F. The van der Waals surface area contributed by atoms with Crippen LogP contribution in [-0.2, 0) is 20.5 Å². The number of esters is 1. The molecule has 2 atom stereocenters. The molecule has 0 saturated heterocycles. The molecule has 0 amide bonds. The quantitative estimate of drug-likeness (QED) is 0.602. The van der Waals surface area contributed by atoms with Crippen molar-refractivity contribution in [2.24, 2.45) is 5.92 Å². The van der Waals surface area contributed by atoms with E-state index in [1.807, 2.05) is 4.72 Å². The molecule has 0 heterocycles. The molecule has 4 nitrogen and oxygen atoms in total. The van der Waals surface area contributed by atoms with Gasteiger partial charge in [-0.1, -0.05) is 20.4 Å². The van der Waals surface area contributed by atoms with E-state index in [9.17, 15) is 22.2 Å². The molecule has 0 saturated carbocycles. The molecule has 124 valence electrons. The summed E-state index contributed by atoms with van der Waals surface area (Å²) < 4.78 is 56.6. The van der Waals surface area contributed by atoms with Gasteiger partial charge in [-0.2, -0.15) is 13.2 Å². The molecule has 0 bridgehead atoms. The molecule has 0 radical (unpaired) electrons. The monoisotopic (exact) mass is 329 g/mol. The molecule has 0 spiro atoms. The van der Waals surface area contributed by atoms with Crippen LogP contribution < -0.4 is 4.72 Å². The van der Waals surface area contributed by atoms with Crippen LogP contribution in [0.5, 0.6) is 0 Å². The fourth-order valence-electron chi connectivity index (χ4n) is 1.07. The second kappa shape index (κ2) is 7.40. The zero-order valence-corrected chi connectivity index (χ0v) is 13.7. The first-order chi connectivity index (χ1) is 9.26. The molecule has 1 N–H and O–H groups in total. The van der Waals surface area contributed by atoms with Crippen LogP contribution in [0.1, 0.15) is 34.6 Å². The Bertz CT molecular complexity index is 414. The molecule has 0 fully saturated rings. The standard InChI is InChI=1S/C13H22F3NO3S/c1-8(2)7-20-11(18)9(3)10(13(14,15)16)17-21(19)12(4,5)6/h8,10,17H,3,7H2,1-2,4-6H3/t10-,21-/m1/s1. The summed E-state index contributed by atoms with van der Waals surface area (Å²) in [6.07, 6.45) is -4.80. The van der Waals surface area contributed by atoms with Gasteiger partial charge in [0.1, 0.15) is 6.04 Å². The van der Waals surface area contributed by atoms with E-state index < -0.39 is 39.5 Å². The lowest BCUT2D eigenvalue weighted by atomic mass is 10.1. The van der Waals surface area contributed by atoms with Crippen LogP contribution in [-0.4, -0.2) is 33.8 Å². The van der Waals surface area contributed by atoms with Crippen molar-refractivity contribution >= 4 is 17.0 Å². The van der Waals surface area contributed by atoms with Crippen molar-refractivity contribution in [3.8, 4) is 0 Å². The van der Waals surface area contributed by atoms with E-state index in [0.29, 0.717) is 0 Å². The van der Waals surface area contributed by atoms with Crippen molar-refractivity contribution in [3.05, 3.63) is 12.2 Å². The van der Waals surface area contributed by atoms with Gasteiger partial charge in [0.25, 0.3) is 0 Å². The highest BCUT2D eigenvalue weighted by Gasteiger charge is 2.46. The highest BCUT2D eigenvalue weighted by Crippen LogP contribution is 2.27. The topological polar surface area (TPSA) is 55.4 Å². The van der Waals surface area contributed by atoms with Crippen LogP contribution in [0.15, 0.2) is 12.2 Å². The lowest BCUT2D eigenvalue weighted by Gasteiger charge is -2.26. The maximum atomic E-state index is 13.0. The smallest absolute Gasteiger partial charge is 0.409 e. The lowest BCUT2D eigenvalue weighted by Crippen LogP contribution is -2.49. The van der Waals surface area contributed by atoms with Crippen molar-refractivity contribution < 1.29 is 26.9 Å². The molecule has 0 aliphatic rings. The number of carbonyl (C=O) groups excluding carboxylic acids is 1. The minimum Gasteiger partial charge on any atom is -0.462 e. The van der Waals surface area contributed by atoms with Crippen molar-refractivity contribution in [2.75, 3.05) is 6.61 Å². The van der Waals surface area contributed by atoms with Crippen LogP contribution in [0, 0.1) is 5.92 Å². The summed E-state index contributed by atoms with van der Waals surface area (Å²) in [5.74, 6) is -1.16. The normalized spacial score (nSPS) is 15.7. The van der Waals surface area contributed by atoms with Gasteiger partial charge in [0.2, 0.25) is 0 Å². The van der Waals surface area contributed by atoms with E-state index in [1.54, 1.807) is 13.8 Å². The molecule has 0 rings (SSSR count). The van der Waals surface area contributed by atoms with Gasteiger partial charge in [0, 0.05) is 0 Å². The molecule has 0 aliphatic carbocycles. The van der Waals surface area contributed by atoms with E-state index in [0.717, 1.165) is 0 Å². The molecule has 0 unspecified atom stereocenters. The van der Waals surface area contributed by atoms with Crippen molar-refractivity contribution in [1.29, 1.82) is 0 Å². The van der Waals surface area contributed by atoms with Crippen LogP contribution in [0.3, 0.4) is 0 Å². The maximum Gasteiger partial charge on any atom is 0.409 e. The Hall–Kier alpha value is -0.890. The predicted octanol–water partition coefficient (Wildman–Crippen LogP) is 2.72. The molecule has 0 aromatic rings. The minimum absolute atomic E-state index is 0.00914. The van der Waals surface area contributed by atoms with Gasteiger partial charge < -0.3 is 4.74 Å². The van der Waals surface area contributed by atoms with E-state index in [4.69, 9.17) is 4.74 Å². The second-order valence-electron chi connectivity index (χ2n) is 5.99. The Balaban J connectivity index is 5.05. The number of hydrogen-bond acceptors (Lipinski definition) is 3. The molecular weight excluding hydrogens is 307 g/mol. The van der Waals surface area contributed by atoms with Crippen LogP contribution >= 0.6 is 0 Å². The van der Waals surface area contributed by atoms with E-state index >= 15 is 0 Å². The van der Waals surface area contributed by atoms with Crippen LogP contribution in [0.25, 0.3) is 0 Å². The Morgan fingerprint density at radius 2 is 1.76 bits per heavy atom. The third-order valence-corrected chi connectivity index (χ3v) is 3.83. The fraction of sp³-hybridized carbons (Fsp3) is 0.769. The Morgan fingerprint density at radius 1 is 1.29 bits per heavy atom. The van der Waals surface area contributed by atoms with Gasteiger partial charge in [-0.3, -0.25) is 0 Å². The summed E-state index contributed by atoms with van der Waals surface area (Å²) in [5.41, 5.74) is -0.805. The summed E-state index contributed by atoms with van der Waals surface area (Å²) in [5, 5.41) is 0. The average molecular weight is 329 g/mol. The van der Waals surface area contributed by atoms with Gasteiger partial charge in [-0.05, 0) is 26.7 Å². The summed E-state index contributed by atoms with van der Waals surface area (Å²) in [7, 11) is -2.00. The number of carbonyl (C=O) groups is 1. The zero-order valence-electron chi connectivity index (χ0n) is 12.8. The molecule has 8 heteroatoms. The molecule has 0 aromatic carbocycles. The van der Waals surface area contributed by atoms with Crippen molar-refractivity contribution in [2.45, 2.75) is 51.6 Å². The fourth-order valence-corrected chi connectivity index (χ4v) is 1.92. The Kier molecular flexibility index (Phi) is 7.08. The van der Waals surface area contributed by atoms with Crippen molar-refractivity contribution in [3.63, 3.8) is 0 Å². The summed E-state index contributed by atoms with van der Waals surface area (Å²) in [6, 6.07) is -2.41. The summed E-state index contributed by atoms with van der Waals surface area (Å²) in [4.78, 5) is 11.6. The first-order valence-corrected chi connectivity index (χ1v) is 7.52. The first kappa shape index (κ1) is 20.1. The number of alkyl halides is 3. The van der Waals surface area contributed by atoms with Gasteiger partial charge in [0.05, 0.1) is 27.9 Å². The lowest BCUT2D eigenvalue weighted by molar-refractivity contribution is -0.155. The highest BCUT2D eigenvalue weighted by atomic mass is 32.2. The Morgan fingerprint density at radius 3 is 2.10 bits per heavy atom. The Labute approximate surface area is 125 Å². The average Bonchev–Trinajstić information content (AvgIpc) is 2.28. The predicted molar refractivity (Wildman–Crippen MR) is 75.8 cm³/mol. The number of nitrogens with one attached hydrogen (secondary N) is 1. The first-order valence-electron chi connectivity index (χ1n) is 6.37. The van der Waals surface area contributed by atoms with Gasteiger partial charge in [0.15, 0.2) is 0 Å². The molecule has 0 aliphatic heterocycles. The van der Waals surface area contributed by atoms with Crippen LogP contribution in [0.4, 0.5) is 13.2 Å². The maximum absolute atomic E-state index is 13.0. The van der Waals surface area contributed by atoms with E-state index in [-0.39, 0.29) is 12.5 Å². The van der Waals surface area contributed by atoms with E-state index in [2.05, 4.69) is 6.58 Å².